The van der Waals surface area contributed by atoms with Crippen LogP contribution in [-0.2, 0) is 0 Å². The molecule has 122 valence electrons. The van der Waals surface area contributed by atoms with Crippen LogP contribution < -0.4 is 5.32 Å². The van der Waals surface area contributed by atoms with E-state index in [4.69, 9.17) is 0 Å². The SMILES string of the molecule is CCCCCCCCCCC(C)(CNCCC)C(C)C. The van der Waals surface area contributed by atoms with E-state index >= 15 is 0 Å². The highest BCUT2D eigenvalue weighted by atomic mass is 14.9. The highest BCUT2D eigenvalue weighted by molar-refractivity contribution is 4.80. The zero-order valence-electron chi connectivity index (χ0n) is 15.1. The number of rotatable bonds is 14. The minimum absolute atomic E-state index is 0.484. The van der Waals surface area contributed by atoms with Gasteiger partial charge in [0.25, 0.3) is 0 Å². The van der Waals surface area contributed by atoms with Gasteiger partial charge in [0.1, 0.15) is 0 Å². The second kappa shape index (κ2) is 12.7. The first-order chi connectivity index (χ1) is 9.56. The monoisotopic (exact) mass is 283 g/mol. The van der Waals surface area contributed by atoms with Crippen molar-refractivity contribution in [2.24, 2.45) is 11.3 Å². The van der Waals surface area contributed by atoms with Crippen LogP contribution in [0.4, 0.5) is 0 Å². The van der Waals surface area contributed by atoms with Gasteiger partial charge < -0.3 is 5.32 Å². The second-order valence-electron chi connectivity index (χ2n) is 7.21. The zero-order valence-corrected chi connectivity index (χ0v) is 15.1. The topological polar surface area (TPSA) is 12.0 Å². The molecule has 0 aliphatic rings. The highest BCUT2D eigenvalue weighted by Crippen LogP contribution is 2.32. The van der Waals surface area contributed by atoms with Crippen molar-refractivity contribution in [3.8, 4) is 0 Å². The molecule has 0 fully saturated rings. The van der Waals surface area contributed by atoms with E-state index in [0.29, 0.717) is 5.41 Å². The second-order valence-corrected chi connectivity index (χ2v) is 7.21. The predicted molar refractivity (Wildman–Crippen MR) is 93.3 cm³/mol. The smallest absolute Gasteiger partial charge is 0.000761 e. The minimum atomic E-state index is 0.484. The largest absolute Gasteiger partial charge is 0.316 e. The normalized spacial score (nSPS) is 14.7. The van der Waals surface area contributed by atoms with Crippen LogP contribution in [0.15, 0.2) is 0 Å². The molecule has 0 bridgehead atoms. The summed E-state index contributed by atoms with van der Waals surface area (Å²) in [6.07, 6.45) is 14.0. The Balaban J connectivity index is 3.69. The quantitative estimate of drug-likeness (QED) is 0.375. The molecule has 0 rings (SSSR count). The van der Waals surface area contributed by atoms with E-state index < -0.39 is 0 Å². The highest BCUT2D eigenvalue weighted by Gasteiger charge is 2.26. The summed E-state index contributed by atoms with van der Waals surface area (Å²) in [6, 6.07) is 0. The number of nitrogens with one attached hydrogen (secondary N) is 1. The summed E-state index contributed by atoms with van der Waals surface area (Å²) in [5.41, 5.74) is 0.484. The van der Waals surface area contributed by atoms with Gasteiger partial charge in [0.15, 0.2) is 0 Å². The van der Waals surface area contributed by atoms with Gasteiger partial charge >= 0.3 is 0 Å². The molecule has 0 saturated heterocycles. The molecule has 0 heterocycles. The van der Waals surface area contributed by atoms with E-state index in [1.54, 1.807) is 0 Å². The molecule has 0 aliphatic carbocycles. The average Bonchev–Trinajstić information content (AvgIpc) is 2.42. The lowest BCUT2D eigenvalue weighted by molar-refractivity contribution is 0.185. The molecule has 1 unspecified atom stereocenters. The third-order valence-electron chi connectivity index (χ3n) is 4.95. The number of hydrogen-bond acceptors (Lipinski definition) is 1. The van der Waals surface area contributed by atoms with Crippen molar-refractivity contribution < 1.29 is 0 Å². The Bertz CT molecular complexity index is 200. The molecule has 0 amide bonds. The molecule has 1 heteroatoms. The van der Waals surface area contributed by atoms with Crippen molar-refractivity contribution in [1.29, 1.82) is 0 Å². The molecular formula is C19H41N. The van der Waals surface area contributed by atoms with Gasteiger partial charge in [-0.05, 0) is 30.7 Å². The minimum Gasteiger partial charge on any atom is -0.316 e. The summed E-state index contributed by atoms with van der Waals surface area (Å²) in [5.74, 6) is 0.774. The summed E-state index contributed by atoms with van der Waals surface area (Å²) in [6.45, 7) is 14.1. The molecule has 0 aliphatic heterocycles. The fourth-order valence-corrected chi connectivity index (χ4v) is 2.79. The van der Waals surface area contributed by atoms with Gasteiger partial charge in [-0.15, -0.1) is 0 Å². The van der Waals surface area contributed by atoms with Crippen LogP contribution in [0.2, 0.25) is 0 Å². The fourth-order valence-electron chi connectivity index (χ4n) is 2.79. The van der Waals surface area contributed by atoms with Gasteiger partial charge in [-0.2, -0.15) is 0 Å². The Labute approximate surface area is 129 Å². The zero-order chi connectivity index (χ0) is 15.3. The Kier molecular flexibility index (Phi) is 12.7. The molecule has 1 N–H and O–H groups in total. The standard InChI is InChI=1S/C19H41N/c1-6-8-9-10-11-12-13-14-15-19(5,18(3)4)17-20-16-7-2/h18,20H,6-17H2,1-5H3. The van der Waals surface area contributed by atoms with E-state index in [0.717, 1.165) is 5.92 Å². The lowest BCUT2D eigenvalue weighted by atomic mass is 9.75. The van der Waals surface area contributed by atoms with Crippen molar-refractivity contribution in [1.82, 2.24) is 5.32 Å². The Morgan fingerprint density at radius 2 is 1.35 bits per heavy atom. The van der Waals surface area contributed by atoms with Crippen molar-refractivity contribution in [2.75, 3.05) is 13.1 Å². The molecule has 0 radical (unpaired) electrons. The average molecular weight is 284 g/mol. The summed E-state index contributed by atoms with van der Waals surface area (Å²) < 4.78 is 0. The summed E-state index contributed by atoms with van der Waals surface area (Å²) in [7, 11) is 0. The Morgan fingerprint density at radius 3 is 1.85 bits per heavy atom. The fraction of sp³-hybridized carbons (Fsp3) is 1.00. The molecule has 0 saturated carbocycles. The van der Waals surface area contributed by atoms with Gasteiger partial charge in [-0.1, -0.05) is 86.0 Å². The lowest BCUT2D eigenvalue weighted by Gasteiger charge is -2.34. The van der Waals surface area contributed by atoms with E-state index in [-0.39, 0.29) is 0 Å². The Morgan fingerprint density at radius 1 is 0.800 bits per heavy atom. The molecule has 0 aromatic carbocycles. The molecular weight excluding hydrogens is 242 g/mol. The van der Waals surface area contributed by atoms with Crippen LogP contribution in [0.5, 0.6) is 0 Å². The summed E-state index contributed by atoms with van der Waals surface area (Å²) in [4.78, 5) is 0. The molecule has 0 aromatic rings. The van der Waals surface area contributed by atoms with Gasteiger partial charge in [-0.3, -0.25) is 0 Å². The van der Waals surface area contributed by atoms with Gasteiger partial charge in [0, 0.05) is 6.54 Å². The van der Waals surface area contributed by atoms with E-state index in [9.17, 15) is 0 Å². The van der Waals surface area contributed by atoms with Crippen molar-refractivity contribution >= 4 is 0 Å². The van der Waals surface area contributed by atoms with Crippen LogP contribution in [0.1, 0.15) is 98.8 Å². The predicted octanol–water partition coefficient (Wildman–Crippen LogP) is 6.18. The molecule has 0 aromatic heterocycles. The maximum Gasteiger partial charge on any atom is 0.000761 e. The van der Waals surface area contributed by atoms with Gasteiger partial charge in [0.2, 0.25) is 0 Å². The number of hydrogen-bond donors (Lipinski definition) is 1. The molecule has 0 spiro atoms. The first-order valence-corrected chi connectivity index (χ1v) is 9.27. The van der Waals surface area contributed by atoms with Crippen LogP contribution in [-0.4, -0.2) is 13.1 Å². The lowest BCUT2D eigenvalue weighted by Crippen LogP contribution is -2.36. The van der Waals surface area contributed by atoms with Gasteiger partial charge in [0.05, 0.1) is 0 Å². The molecule has 1 atom stereocenters. The molecule has 1 nitrogen and oxygen atoms in total. The van der Waals surface area contributed by atoms with E-state index in [1.807, 2.05) is 0 Å². The van der Waals surface area contributed by atoms with Gasteiger partial charge in [-0.25, -0.2) is 0 Å². The van der Waals surface area contributed by atoms with Crippen LogP contribution in [0, 0.1) is 11.3 Å². The van der Waals surface area contributed by atoms with Crippen molar-refractivity contribution in [2.45, 2.75) is 98.8 Å². The van der Waals surface area contributed by atoms with Crippen LogP contribution >= 0.6 is 0 Å². The Hall–Kier alpha value is -0.0400. The summed E-state index contributed by atoms with van der Waals surface area (Å²) >= 11 is 0. The first-order valence-electron chi connectivity index (χ1n) is 9.27. The van der Waals surface area contributed by atoms with Crippen molar-refractivity contribution in [3.05, 3.63) is 0 Å². The van der Waals surface area contributed by atoms with Crippen molar-refractivity contribution in [3.63, 3.8) is 0 Å². The number of unbranched alkanes of at least 4 members (excludes halogenated alkanes) is 7. The third-order valence-corrected chi connectivity index (χ3v) is 4.95. The van der Waals surface area contributed by atoms with Crippen LogP contribution in [0.3, 0.4) is 0 Å². The maximum absolute atomic E-state index is 3.63. The van der Waals surface area contributed by atoms with Crippen LogP contribution in [0.25, 0.3) is 0 Å². The van der Waals surface area contributed by atoms with E-state index in [1.165, 1.54) is 77.3 Å². The molecule has 20 heavy (non-hydrogen) atoms. The summed E-state index contributed by atoms with van der Waals surface area (Å²) in [5, 5.41) is 3.63. The third kappa shape index (κ3) is 9.80. The maximum atomic E-state index is 3.63. The van der Waals surface area contributed by atoms with E-state index in [2.05, 4.69) is 39.9 Å². The first kappa shape index (κ1) is 20.0.